The highest BCUT2D eigenvalue weighted by molar-refractivity contribution is 6.14. The quantitative estimate of drug-likeness (QED) is 0.173. The van der Waals surface area contributed by atoms with Gasteiger partial charge in [0.2, 0.25) is 0 Å². The van der Waals surface area contributed by atoms with Crippen molar-refractivity contribution in [3.8, 4) is 11.1 Å². The van der Waals surface area contributed by atoms with Gasteiger partial charge in [0.15, 0.2) is 6.17 Å². The Morgan fingerprint density at radius 1 is 0.481 bits per heavy atom. The number of benzene rings is 7. The predicted molar refractivity (Wildman–Crippen MR) is 222 cm³/mol. The average Bonchev–Trinajstić information content (AvgIpc) is 3.71. The van der Waals surface area contributed by atoms with Crippen LogP contribution in [0.5, 0.6) is 0 Å². The highest BCUT2D eigenvalue weighted by Gasteiger charge is 2.48. The highest BCUT2D eigenvalue weighted by atomic mass is 15.4. The van der Waals surface area contributed by atoms with Crippen molar-refractivity contribution in [3.63, 3.8) is 0 Å². The molecule has 256 valence electrons. The summed E-state index contributed by atoms with van der Waals surface area (Å²) in [6, 6.07) is 66.8. The zero-order valence-corrected chi connectivity index (χ0v) is 29.7. The van der Waals surface area contributed by atoms with Crippen LogP contribution in [-0.4, -0.2) is 11.9 Å². The summed E-state index contributed by atoms with van der Waals surface area (Å²) in [4.78, 5) is 10.1. The maximum absolute atomic E-state index is 5.13. The summed E-state index contributed by atoms with van der Waals surface area (Å²) in [6.45, 7) is 0. The van der Waals surface area contributed by atoms with Gasteiger partial charge in [0, 0.05) is 28.5 Å². The third-order valence-electron chi connectivity index (χ3n) is 11.9. The first kappa shape index (κ1) is 30.9. The molecule has 0 N–H and O–H groups in total. The normalized spacial score (nSPS) is 19.7. The van der Waals surface area contributed by atoms with Crippen LogP contribution in [0.2, 0.25) is 0 Å². The Morgan fingerprint density at radius 3 is 1.74 bits per heavy atom. The molecule has 54 heavy (non-hydrogen) atoms. The second-order valence-corrected chi connectivity index (χ2v) is 14.6. The van der Waals surface area contributed by atoms with Crippen LogP contribution >= 0.6 is 0 Å². The first-order valence-electron chi connectivity index (χ1n) is 18.9. The van der Waals surface area contributed by atoms with Crippen LogP contribution in [-0.2, 0) is 5.41 Å². The average molecular weight is 692 g/mol. The van der Waals surface area contributed by atoms with E-state index in [4.69, 9.17) is 4.99 Å². The molecule has 0 fully saturated rings. The molecule has 3 unspecified atom stereocenters. The first-order valence-corrected chi connectivity index (χ1v) is 18.9. The molecule has 0 amide bonds. The molecule has 0 spiro atoms. The number of amidine groups is 1. The van der Waals surface area contributed by atoms with E-state index in [0.29, 0.717) is 0 Å². The highest BCUT2D eigenvalue weighted by Crippen LogP contribution is 2.60. The molecule has 11 rings (SSSR count). The maximum Gasteiger partial charge on any atom is 0.154 e. The third-order valence-corrected chi connectivity index (χ3v) is 11.9. The van der Waals surface area contributed by atoms with Gasteiger partial charge in [0.25, 0.3) is 0 Å². The van der Waals surface area contributed by atoms with E-state index >= 15 is 0 Å². The molecule has 0 saturated carbocycles. The van der Waals surface area contributed by atoms with Gasteiger partial charge in [-0.25, -0.2) is 4.99 Å². The number of hydrogen-bond acceptors (Lipinski definition) is 3. The van der Waals surface area contributed by atoms with Gasteiger partial charge < -0.3 is 4.90 Å². The fraction of sp³-hybridized carbons (Fsp3) is 0.0784. The van der Waals surface area contributed by atoms with Crippen molar-refractivity contribution in [2.75, 3.05) is 9.80 Å². The first-order chi connectivity index (χ1) is 26.8. The molecule has 0 saturated heterocycles. The summed E-state index contributed by atoms with van der Waals surface area (Å²) >= 11 is 0. The van der Waals surface area contributed by atoms with Gasteiger partial charge in [-0.15, -0.1) is 0 Å². The lowest BCUT2D eigenvalue weighted by molar-refractivity contribution is 0.690. The van der Waals surface area contributed by atoms with E-state index in [1.807, 2.05) is 0 Å². The van der Waals surface area contributed by atoms with Crippen molar-refractivity contribution in [3.05, 3.63) is 245 Å². The van der Waals surface area contributed by atoms with E-state index in [1.54, 1.807) is 0 Å². The summed E-state index contributed by atoms with van der Waals surface area (Å²) in [7, 11) is 0. The minimum absolute atomic E-state index is 0.0659. The van der Waals surface area contributed by atoms with Crippen LogP contribution in [0, 0.1) is 0 Å². The number of fused-ring (bicyclic) bond motifs is 6. The second kappa shape index (κ2) is 12.2. The van der Waals surface area contributed by atoms with Gasteiger partial charge in [-0.1, -0.05) is 170 Å². The molecule has 3 atom stereocenters. The fourth-order valence-electron chi connectivity index (χ4n) is 9.55. The zero-order valence-electron chi connectivity index (χ0n) is 29.7. The van der Waals surface area contributed by atoms with Crippen molar-refractivity contribution in [1.82, 2.24) is 0 Å². The van der Waals surface area contributed by atoms with Crippen LogP contribution in [0.3, 0.4) is 0 Å². The Kier molecular flexibility index (Phi) is 6.96. The van der Waals surface area contributed by atoms with Crippen molar-refractivity contribution in [2.45, 2.75) is 23.5 Å². The van der Waals surface area contributed by atoms with E-state index in [-0.39, 0.29) is 18.1 Å². The third kappa shape index (κ3) is 4.45. The Hall–Kier alpha value is -6.71. The molecule has 7 aromatic rings. The molecule has 0 bridgehead atoms. The number of hydrogen-bond donors (Lipinski definition) is 0. The van der Waals surface area contributed by atoms with Gasteiger partial charge in [-0.3, -0.25) is 4.90 Å². The minimum atomic E-state index is -0.449. The Bertz CT molecular complexity index is 2570. The Morgan fingerprint density at radius 2 is 1.06 bits per heavy atom. The summed E-state index contributed by atoms with van der Waals surface area (Å²) in [5.41, 5.74) is 14.7. The smallest absolute Gasteiger partial charge is 0.154 e. The molecule has 2 aliphatic heterocycles. The standard InChI is InChI=1S/C51H37N3/c1-5-17-35(18-6-1)49-52-50(36-19-7-2-8-20-36)54(49)40-31-29-39(30-32-40)53-47-28-16-14-26-42(47)44-33-43-41-25-13-15-27-45(41)51(46(43)34-48(44)53,37-21-9-3-10-22-37)38-23-11-4-12-24-38/h1-34,42,47,49H. The van der Waals surface area contributed by atoms with Gasteiger partial charge in [-0.2, -0.15) is 0 Å². The lowest BCUT2D eigenvalue weighted by atomic mass is 9.67. The van der Waals surface area contributed by atoms with Crippen LogP contribution in [0.1, 0.15) is 51.0 Å². The SMILES string of the molecule is C1=CC2c3cc4c(cc3N(c3ccc(N5C(c6ccccc6)=NC5c5ccccc5)cc3)C2C=C1)C(c1ccccc1)(c1ccccc1)c1ccccc1-4. The summed E-state index contributed by atoms with van der Waals surface area (Å²) < 4.78 is 0. The minimum Gasteiger partial charge on any atom is -0.333 e. The van der Waals surface area contributed by atoms with E-state index in [2.05, 4.69) is 216 Å². The summed E-state index contributed by atoms with van der Waals surface area (Å²) in [5, 5.41) is 0. The number of aliphatic imine (C=N–C) groups is 1. The molecule has 2 aliphatic carbocycles. The summed E-state index contributed by atoms with van der Waals surface area (Å²) in [6.07, 6.45) is 9.13. The predicted octanol–water partition coefficient (Wildman–Crippen LogP) is 11.7. The van der Waals surface area contributed by atoms with E-state index in [0.717, 1.165) is 17.1 Å². The number of allylic oxidation sites excluding steroid dienone is 2. The molecule has 2 heterocycles. The number of anilines is 3. The van der Waals surface area contributed by atoms with E-state index < -0.39 is 5.41 Å². The topological polar surface area (TPSA) is 18.8 Å². The molecule has 4 aliphatic rings. The van der Waals surface area contributed by atoms with Gasteiger partial charge in [-0.05, 0) is 80.9 Å². The van der Waals surface area contributed by atoms with Gasteiger partial charge >= 0.3 is 0 Å². The molecule has 0 aromatic heterocycles. The van der Waals surface area contributed by atoms with Gasteiger partial charge in [0.05, 0.1) is 11.5 Å². The Labute approximate surface area is 316 Å². The van der Waals surface area contributed by atoms with Crippen LogP contribution < -0.4 is 9.80 Å². The van der Waals surface area contributed by atoms with Gasteiger partial charge in [0.1, 0.15) is 5.84 Å². The van der Waals surface area contributed by atoms with Crippen molar-refractivity contribution < 1.29 is 0 Å². The Balaban J connectivity index is 1.07. The monoisotopic (exact) mass is 691 g/mol. The molecule has 3 nitrogen and oxygen atoms in total. The van der Waals surface area contributed by atoms with Crippen LogP contribution in [0.4, 0.5) is 17.1 Å². The largest absolute Gasteiger partial charge is 0.333 e. The van der Waals surface area contributed by atoms with Crippen molar-refractivity contribution in [2.24, 2.45) is 4.99 Å². The zero-order chi connectivity index (χ0) is 35.6. The van der Waals surface area contributed by atoms with E-state index in [1.165, 1.54) is 55.9 Å². The molecule has 3 heteroatoms. The lowest BCUT2D eigenvalue weighted by Crippen LogP contribution is -2.43. The molecular formula is C51H37N3. The van der Waals surface area contributed by atoms with Crippen LogP contribution in [0.15, 0.2) is 211 Å². The number of rotatable bonds is 6. The second-order valence-electron chi connectivity index (χ2n) is 14.6. The van der Waals surface area contributed by atoms with Crippen LogP contribution in [0.25, 0.3) is 11.1 Å². The molecular weight excluding hydrogens is 655 g/mol. The maximum atomic E-state index is 5.13. The summed E-state index contributed by atoms with van der Waals surface area (Å²) in [5.74, 6) is 1.25. The van der Waals surface area contributed by atoms with Crippen molar-refractivity contribution >= 4 is 22.9 Å². The lowest BCUT2D eigenvalue weighted by Gasteiger charge is -2.41. The van der Waals surface area contributed by atoms with Crippen molar-refractivity contribution in [1.29, 1.82) is 0 Å². The number of nitrogens with zero attached hydrogens (tertiary/aromatic N) is 3. The van der Waals surface area contributed by atoms with E-state index in [9.17, 15) is 0 Å². The molecule has 7 aromatic carbocycles. The fourth-order valence-corrected chi connectivity index (χ4v) is 9.55. The molecule has 0 radical (unpaired) electrons.